The first-order valence-corrected chi connectivity index (χ1v) is 6.87. The van der Waals surface area contributed by atoms with Gasteiger partial charge in [-0.05, 0) is 23.8 Å². The zero-order chi connectivity index (χ0) is 14.7. The van der Waals surface area contributed by atoms with Crippen LogP contribution in [0.2, 0.25) is 0 Å². The van der Waals surface area contributed by atoms with Gasteiger partial charge in [0.05, 0.1) is 18.3 Å². The molecular formula is C17H18N2O2. The Hall–Kier alpha value is -2.46. The van der Waals surface area contributed by atoms with E-state index in [9.17, 15) is 0 Å². The van der Waals surface area contributed by atoms with Gasteiger partial charge in [-0.25, -0.2) is 0 Å². The highest BCUT2D eigenvalue weighted by Crippen LogP contribution is 2.27. The average Bonchev–Trinajstić information content (AvgIpc) is 2.96. The van der Waals surface area contributed by atoms with Crippen molar-refractivity contribution in [3.05, 3.63) is 59.8 Å². The van der Waals surface area contributed by atoms with Crippen LogP contribution >= 0.6 is 0 Å². The molecule has 0 atom stereocenters. The normalized spacial score (nSPS) is 10.8. The summed E-state index contributed by atoms with van der Waals surface area (Å²) in [6.45, 7) is 0.976. The summed E-state index contributed by atoms with van der Waals surface area (Å²) in [5, 5.41) is 1.15. The fourth-order valence-corrected chi connectivity index (χ4v) is 2.42. The summed E-state index contributed by atoms with van der Waals surface area (Å²) in [5.41, 5.74) is 8.96. The summed E-state index contributed by atoms with van der Waals surface area (Å²) in [4.78, 5) is 3.38. The van der Waals surface area contributed by atoms with E-state index in [4.69, 9.17) is 15.2 Å². The molecule has 0 bridgehead atoms. The molecule has 3 aromatic rings. The summed E-state index contributed by atoms with van der Waals surface area (Å²) < 4.78 is 11.1. The standard InChI is InChI=1S/C17H18N2O2/c1-20-15-7-2-3-8-16(15)21-11-14-9-12-5-4-6-13(10-18)17(12)19-14/h2-9,19H,10-11,18H2,1H3. The van der Waals surface area contributed by atoms with Crippen molar-refractivity contribution in [2.45, 2.75) is 13.2 Å². The van der Waals surface area contributed by atoms with Crippen molar-refractivity contribution in [2.24, 2.45) is 5.73 Å². The maximum absolute atomic E-state index is 5.83. The van der Waals surface area contributed by atoms with Gasteiger partial charge in [-0.1, -0.05) is 30.3 Å². The summed E-state index contributed by atoms with van der Waals surface area (Å²) in [6, 6.07) is 15.8. The van der Waals surface area contributed by atoms with Crippen LogP contribution in [0.3, 0.4) is 0 Å². The third-order valence-electron chi connectivity index (χ3n) is 3.47. The zero-order valence-electron chi connectivity index (χ0n) is 11.9. The molecule has 1 heterocycles. The number of H-pyrrole nitrogens is 1. The molecule has 4 nitrogen and oxygen atoms in total. The van der Waals surface area contributed by atoms with Crippen molar-refractivity contribution >= 4 is 10.9 Å². The molecule has 0 saturated carbocycles. The van der Waals surface area contributed by atoms with Gasteiger partial charge in [0, 0.05) is 11.9 Å². The van der Waals surface area contributed by atoms with E-state index in [1.165, 1.54) is 0 Å². The van der Waals surface area contributed by atoms with Crippen molar-refractivity contribution < 1.29 is 9.47 Å². The highest BCUT2D eigenvalue weighted by Gasteiger charge is 2.07. The van der Waals surface area contributed by atoms with Crippen molar-refractivity contribution in [1.82, 2.24) is 4.98 Å². The van der Waals surface area contributed by atoms with E-state index in [2.05, 4.69) is 17.1 Å². The number of aromatic amines is 1. The van der Waals surface area contributed by atoms with Crippen LogP contribution < -0.4 is 15.2 Å². The summed E-state index contributed by atoms with van der Waals surface area (Å²) in [6.07, 6.45) is 0. The number of methoxy groups -OCH3 is 1. The van der Waals surface area contributed by atoms with Crippen molar-refractivity contribution in [2.75, 3.05) is 7.11 Å². The van der Waals surface area contributed by atoms with Gasteiger partial charge in [-0.15, -0.1) is 0 Å². The molecule has 3 rings (SSSR count). The first-order chi connectivity index (χ1) is 10.3. The number of ether oxygens (including phenoxy) is 2. The van der Waals surface area contributed by atoms with E-state index in [0.717, 1.165) is 33.7 Å². The van der Waals surface area contributed by atoms with Crippen LogP contribution in [-0.4, -0.2) is 12.1 Å². The Morgan fingerprint density at radius 3 is 2.62 bits per heavy atom. The molecule has 0 saturated heterocycles. The minimum absolute atomic E-state index is 0.457. The second kappa shape index (κ2) is 5.89. The van der Waals surface area contributed by atoms with E-state index in [0.29, 0.717) is 13.2 Å². The molecule has 21 heavy (non-hydrogen) atoms. The predicted molar refractivity (Wildman–Crippen MR) is 83.5 cm³/mol. The molecule has 0 aliphatic rings. The fraction of sp³-hybridized carbons (Fsp3) is 0.176. The topological polar surface area (TPSA) is 60.3 Å². The summed E-state index contributed by atoms with van der Waals surface area (Å²) in [7, 11) is 1.64. The molecule has 1 aromatic heterocycles. The lowest BCUT2D eigenvalue weighted by Gasteiger charge is -2.09. The first-order valence-electron chi connectivity index (χ1n) is 6.87. The molecule has 0 spiro atoms. The molecule has 2 aromatic carbocycles. The van der Waals surface area contributed by atoms with Crippen LogP contribution in [0.25, 0.3) is 10.9 Å². The molecular weight excluding hydrogens is 264 g/mol. The van der Waals surface area contributed by atoms with Crippen LogP contribution in [0, 0.1) is 0 Å². The molecule has 0 unspecified atom stereocenters. The van der Waals surface area contributed by atoms with Crippen molar-refractivity contribution in [3.63, 3.8) is 0 Å². The molecule has 0 radical (unpaired) electrons. The maximum atomic E-state index is 5.83. The number of nitrogens with one attached hydrogen (secondary N) is 1. The third kappa shape index (κ3) is 2.71. The van der Waals surface area contributed by atoms with E-state index in [1.54, 1.807) is 7.11 Å². The summed E-state index contributed by atoms with van der Waals surface area (Å²) >= 11 is 0. The maximum Gasteiger partial charge on any atom is 0.161 e. The van der Waals surface area contributed by atoms with Gasteiger partial charge in [0.25, 0.3) is 0 Å². The lowest BCUT2D eigenvalue weighted by molar-refractivity contribution is 0.281. The number of hydrogen-bond donors (Lipinski definition) is 2. The summed E-state index contributed by atoms with van der Waals surface area (Å²) in [5.74, 6) is 1.47. The molecule has 108 valence electrons. The molecule has 3 N–H and O–H groups in total. The van der Waals surface area contributed by atoms with Crippen LogP contribution in [0.1, 0.15) is 11.3 Å². The number of aromatic nitrogens is 1. The number of fused-ring (bicyclic) bond motifs is 1. The number of hydrogen-bond acceptors (Lipinski definition) is 3. The first kappa shape index (κ1) is 13.5. The van der Waals surface area contributed by atoms with Gasteiger partial charge in [-0.3, -0.25) is 0 Å². The largest absolute Gasteiger partial charge is 0.493 e. The lowest BCUT2D eigenvalue weighted by Crippen LogP contribution is -1.98. The molecule has 0 aliphatic carbocycles. The average molecular weight is 282 g/mol. The number of rotatable bonds is 5. The Morgan fingerprint density at radius 2 is 1.86 bits per heavy atom. The van der Waals surface area contributed by atoms with Gasteiger partial charge in [0.2, 0.25) is 0 Å². The SMILES string of the molecule is COc1ccccc1OCc1cc2cccc(CN)c2[nH]1. The minimum atomic E-state index is 0.457. The highest BCUT2D eigenvalue weighted by atomic mass is 16.5. The Balaban J connectivity index is 1.82. The van der Waals surface area contributed by atoms with Crippen LogP contribution in [0.5, 0.6) is 11.5 Å². The van der Waals surface area contributed by atoms with E-state index in [-0.39, 0.29) is 0 Å². The molecule has 0 amide bonds. The van der Waals surface area contributed by atoms with Gasteiger partial charge in [0.1, 0.15) is 6.61 Å². The predicted octanol–water partition coefficient (Wildman–Crippen LogP) is 3.21. The van der Waals surface area contributed by atoms with E-state index < -0.39 is 0 Å². The fourth-order valence-electron chi connectivity index (χ4n) is 2.42. The lowest BCUT2D eigenvalue weighted by atomic mass is 10.1. The monoisotopic (exact) mass is 282 g/mol. The molecule has 0 aliphatic heterocycles. The van der Waals surface area contributed by atoms with Gasteiger partial charge >= 0.3 is 0 Å². The molecule has 4 heteroatoms. The number of para-hydroxylation sites is 3. The van der Waals surface area contributed by atoms with Crippen LogP contribution in [0.15, 0.2) is 48.5 Å². The van der Waals surface area contributed by atoms with Crippen LogP contribution in [0.4, 0.5) is 0 Å². The third-order valence-corrected chi connectivity index (χ3v) is 3.47. The minimum Gasteiger partial charge on any atom is -0.493 e. The molecule has 0 fully saturated rings. The van der Waals surface area contributed by atoms with Gasteiger partial charge in [-0.2, -0.15) is 0 Å². The van der Waals surface area contributed by atoms with Gasteiger partial charge in [0.15, 0.2) is 11.5 Å². The second-order valence-electron chi connectivity index (χ2n) is 4.82. The van der Waals surface area contributed by atoms with E-state index in [1.807, 2.05) is 36.4 Å². The second-order valence-corrected chi connectivity index (χ2v) is 4.82. The van der Waals surface area contributed by atoms with Crippen molar-refractivity contribution in [3.8, 4) is 11.5 Å². The number of benzene rings is 2. The Morgan fingerprint density at radius 1 is 1.05 bits per heavy atom. The zero-order valence-corrected chi connectivity index (χ0v) is 11.9. The number of nitrogens with two attached hydrogens (primary N) is 1. The highest BCUT2D eigenvalue weighted by molar-refractivity contribution is 5.83. The smallest absolute Gasteiger partial charge is 0.161 e. The van der Waals surface area contributed by atoms with Crippen molar-refractivity contribution in [1.29, 1.82) is 0 Å². The quantitative estimate of drug-likeness (QED) is 0.755. The Bertz CT molecular complexity index is 749. The van der Waals surface area contributed by atoms with Gasteiger partial charge < -0.3 is 20.2 Å². The van der Waals surface area contributed by atoms with E-state index >= 15 is 0 Å². The van der Waals surface area contributed by atoms with Crippen LogP contribution in [-0.2, 0) is 13.2 Å². The Labute approximate surface area is 123 Å². The Kier molecular flexibility index (Phi) is 3.79.